The number of aryl methyl sites for hydroxylation is 1. The molecular formula is C14H22N2O4. The van der Waals surface area contributed by atoms with E-state index in [0.717, 1.165) is 5.76 Å². The van der Waals surface area contributed by atoms with Crippen LogP contribution in [0.4, 0.5) is 4.79 Å². The summed E-state index contributed by atoms with van der Waals surface area (Å²) in [5.41, 5.74) is -0.566. The van der Waals surface area contributed by atoms with E-state index in [2.05, 4.69) is 5.32 Å². The first-order valence-corrected chi connectivity index (χ1v) is 6.41. The zero-order chi connectivity index (χ0) is 15.5. The van der Waals surface area contributed by atoms with Gasteiger partial charge < -0.3 is 19.7 Å². The lowest BCUT2D eigenvalue weighted by Crippen LogP contribution is -2.52. The third-order valence-electron chi connectivity index (χ3n) is 2.92. The predicted molar refractivity (Wildman–Crippen MR) is 74.3 cm³/mol. The minimum Gasteiger partial charge on any atom is -0.480 e. The van der Waals surface area contributed by atoms with Crippen molar-refractivity contribution in [2.45, 2.75) is 40.3 Å². The lowest BCUT2D eigenvalue weighted by atomic mass is 9.87. The lowest BCUT2D eigenvalue weighted by molar-refractivity contribution is -0.142. The maximum atomic E-state index is 12.0. The fourth-order valence-corrected chi connectivity index (χ4v) is 1.76. The van der Waals surface area contributed by atoms with Gasteiger partial charge in [0.05, 0.1) is 6.54 Å². The molecule has 0 spiro atoms. The number of furan rings is 1. The second-order valence-electron chi connectivity index (χ2n) is 5.96. The van der Waals surface area contributed by atoms with E-state index in [9.17, 15) is 14.7 Å². The van der Waals surface area contributed by atoms with Gasteiger partial charge in [0.15, 0.2) is 0 Å². The molecule has 1 atom stereocenters. The van der Waals surface area contributed by atoms with E-state index in [-0.39, 0.29) is 6.54 Å². The van der Waals surface area contributed by atoms with Crippen molar-refractivity contribution in [3.05, 3.63) is 23.7 Å². The molecule has 0 fully saturated rings. The Morgan fingerprint density at radius 2 is 2.00 bits per heavy atom. The molecule has 1 aromatic heterocycles. The van der Waals surface area contributed by atoms with Crippen LogP contribution in [0.5, 0.6) is 0 Å². The van der Waals surface area contributed by atoms with Gasteiger partial charge in [0.1, 0.15) is 17.6 Å². The molecule has 0 aromatic carbocycles. The minimum absolute atomic E-state index is 0.288. The van der Waals surface area contributed by atoms with Gasteiger partial charge in [-0.05, 0) is 24.5 Å². The average Bonchev–Trinajstić information content (AvgIpc) is 2.69. The SMILES string of the molecule is Cc1ccc(CN(C)C(=O)N[C@@H](C(=O)O)C(C)(C)C)o1. The monoisotopic (exact) mass is 282 g/mol. The van der Waals surface area contributed by atoms with Crippen LogP contribution in [0.15, 0.2) is 16.5 Å². The van der Waals surface area contributed by atoms with Gasteiger partial charge in [-0.15, -0.1) is 0 Å². The predicted octanol–water partition coefficient (Wildman–Crippen LogP) is 2.23. The number of aliphatic carboxylic acids is 1. The lowest BCUT2D eigenvalue weighted by Gasteiger charge is -2.29. The first kappa shape index (κ1) is 16.1. The average molecular weight is 282 g/mol. The number of hydrogen-bond acceptors (Lipinski definition) is 3. The summed E-state index contributed by atoms with van der Waals surface area (Å²) in [6.45, 7) is 7.41. The first-order chi connectivity index (χ1) is 9.11. The number of urea groups is 1. The molecule has 0 unspecified atom stereocenters. The molecule has 0 aliphatic carbocycles. The number of carbonyl (C=O) groups is 2. The summed E-state index contributed by atoms with van der Waals surface area (Å²) in [7, 11) is 1.59. The third-order valence-corrected chi connectivity index (χ3v) is 2.92. The standard InChI is InChI=1S/C14H22N2O4/c1-9-6-7-10(20-9)8-16(5)13(19)15-11(12(17)18)14(2,3)4/h6-7,11H,8H2,1-5H3,(H,15,19)(H,17,18)/t11-/m0/s1. The van der Waals surface area contributed by atoms with E-state index < -0.39 is 23.5 Å². The Kier molecular flexibility index (Phi) is 4.81. The first-order valence-electron chi connectivity index (χ1n) is 6.41. The van der Waals surface area contributed by atoms with Gasteiger partial charge in [-0.2, -0.15) is 0 Å². The highest BCUT2D eigenvalue weighted by atomic mass is 16.4. The van der Waals surface area contributed by atoms with Gasteiger partial charge in [-0.3, -0.25) is 0 Å². The van der Waals surface area contributed by atoms with Gasteiger partial charge in [-0.25, -0.2) is 9.59 Å². The normalized spacial score (nSPS) is 12.8. The Bertz CT molecular complexity index is 488. The van der Waals surface area contributed by atoms with Crippen LogP contribution in [0.3, 0.4) is 0 Å². The summed E-state index contributed by atoms with van der Waals surface area (Å²) in [5.74, 6) is 0.378. The topological polar surface area (TPSA) is 82.8 Å². The molecule has 0 aliphatic heterocycles. The third kappa shape index (κ3) is 4.29. The van der Waals surface area contributed by atoms with Crippen molar-refractivity contribution in [2.75, 3.05) is 7.05 Å². The van der Waals surface area contributed by atoms with E-state index in [0.29, 0.717) is 5.76 Å². The molecule has 0 aliphatic rings. The van der Waals surface area contributed by atoms with E-state index in [1.54, 1.807) is 33.9 Å². The van der Waals surface area contributed by atoms with Crippen molar-refractivity contribution < 1.29 is 19.1 Å². The van der Waals surface area contributed by atoms with Crippen molar-refractivity contribution >= 4 is 12.0 Å². The molecule has 6 nitrogen and oxygen atoms in total. The molecule has 2 N–H and O–H groups in total. The van der Waals surface area contributed by atoms with Gasteiger partial charge in [0, 0.05) is 7.05 Å². The Balaban J connectivity index is 2.67. The number of carboxylic acids is 1. The number of nitrogens with one attached hydrogen (secondary N) is 1. The summed E-state index contributed by atoms with van der Waals surface area (Å²) in [4.78, 5) is 24.6. The molecule has 0 bridgehead atoms. The van der Waals surface area contributed by atoms with Crippen molar-refractivity contribution in [2.24, 2.45) is 5.41 Å². The number of rotatable bonds is 4. The smallest absolute Gasteiger partial charge is 0.326 e. The molecule has 0 saturated carbocycles. The van der Waals surface area contributed by atoms with E-state index in [1.165, 1.54) is 4.90 Å². The van der Waals surface area contributed by atoms with Crippen LogP contribution < -0.4 is 5.32 Å². The second-order valence-corrected chi connectivity index (χ2v) is 5.96. The second kappa shape index (κ2) is 5.98. The summed E-state index contributed by atoms with van der Waals surface area (Å²) in [6.07, 6.45) is 0. The molecule has 0 radical (unpaired) electrons. The maximum absolute atomic E-state index is 12.0. The molecule has 20 heavy (non-hydrogen) atoms. The maximum Gasteiger partial charge on any atom is 0.326 e. The Hall–Kier alpha value is -1.98. The van der Waals surface area contributed by atoms with Crippen LogP contribution in [0.1, 0.15) is 32.3 Å². The van der Waals surface area contributed by atoms with Crippen molar-refractivity contribution in [3.63, 3.8) is 0 Å². The van der Waals surface area contributed by atoms with Gasteiger partial charge in [0.2, 0.25) is 0 Å². The zero-order valence-corrected chi connectivity index (χ0v) is 12.6. The Morgan fingerprint density at radius 3 is 2.40 bits per heavy atom. The van der Waals surface area contributed by atoms with Crippen LogP contribution in [-0.2, 0) is 11.3 Å². The minimum atomic E-state index is -1.05. The molecule has 0 saturated heterocycles. The van der Waals surface area contributed by atoms with E-state index >= 15 is 0 Å². The van der Waals surface area contributed by atoms with Crippen LogP contribution in [0.2, 0.25) is 0 Å². The van der Waals surface area contributed by atoms with Gasteiger partial charge >= 0.3 is 12.0 Å². The Labute approximate surface area is 118 Å². The van der Waals surface area contributed by atoms with Crippen molar-refractivity contribution in [1.29, 1.82) is 0 Å². The molecule has 2 amide bonds. The van der Waals surface area contributed by atoms with Gasteiger partial charge in [-0.1, -0.05) is 20.8 Å². The molecular weight excluding hydrogens is 260 g/mol. The largest absolute Gasteiger partial charge is 0.480 e. The summed E-state index contributed by atoms with van der Waals surface area (Å²) in [5, 5.41) is 11.7. The molecule has 1 aromatic rings. The van der Waals surface area contributed by atoms with E-state index in [1.807, 2.05) is 13.0 Å². The molecule has 1 heterocycles. The zero-order valence-electron chi connectivity index (χ0n) is 12.6. The Morgan fingerprint density at radius 1 is 1.40 bits per heavy atom. The number of amides is 2. The highest BCUT2D eigenvalue weighted by Crippen LogP contribution is 2.19. The number of carbonyl (C=O) groups excluding carboxylic acids is 1. The number of hydrogen-bond donors (Lipinski definition) is 2. The fraction of sp³-hybridized carbons (Fsp3) is 0.571. The highest BCUT2D eigenvalue weighted by Gasteiger charge is 2.33. The van der Waals surface area contributed by atoms with Crippen LogP contribution >= 0.6 is 0 Å². The summed E-state index contributed by atoms with van der Waals surface area (Å²) >= 11 is 0. The highest BCUT2D eigenvalue weighted by molar-refractivity contribution is 5.83. The number of nitrogens with zero attached hydrogens (tertiary/aromatic N) is 1. The van der Waals surface area contributed by atoms with Crippen LogP contribution in [0.25, 0.3) is 0 Å². The summed E-state index contributed by atoms with van der Waals surface area (Å²) in [6, 6.07) is 2.21. The van der Waals surface area contributed by atoms with E-state index in [4.69, 9.17) is 4.42 Å². The molecule has 1 rings (SSSR count). The van der Waals surface area contributed by atoms with Crippen molar-refractivity contribution in [1.82, 2.24) is 10.2 Å². The summed E-state index contributed by atoms with van der Waals surface area (Å²) < 4.78 is 5.39. The quantitative estimate of drug-likeness (QED) is 0.887. The van der Waals surface area contributed by atoms with Gasteiger partial charge in [0.25, 0.3) is 0 Å². The molecule has 6 heteroatoms. The number of carboxylic acid groups (broad SMARTS) is 1. The molecule has 112 valence electrons. The fourth-order valence-electron chi connectivity index (χ4n) is 1.76. The van der Waals surface area contributed by atoms with Crippen LogP contribution in [-0.4, -0.2) is 35.1 Å². The van der Waals surface area contributed by atoms with Crippen molar-refractivity contribution in [3.8, 4) is 0 Å². The van der Waals surface area contributed by atoms with Crippen LogP contribution in [0, 0.1) is 12.3 Å².